The van der Waals surface area contributed by atoms with Gasteiger partial charge in [0.15, 0.2) is 11.9 Å². The summed E-state index contributed by atoms with van der Waals surface area (Å²) in [6.07, 6.45) is -5.51. The van der Waals surface area contributed by atoms with Gasteiger partial charge < -0.3 is 29.4 Å². The maximum Gasteiger partial charge on any atom is 0.380 e. The standard InChI is InChI=1S/C25H31ClFN4O8P/c1-14(2)37-22(34)15(3)12-40(35,39-16-7-5-4-6-8-16)36-11-18-19(32)25(26,13-27)23(38-18)31-10-9-17-20(31)29-24(28)30-21(17)33/h4-10,14-15,18-19,23,32H,11-13H2,1-3H3,(H3,28,29,30,33)/t15-,18-,19+,23-,25?,40?/m1/s1/i11D2. The summed E-state index contributed by atoms with van der Waals surface area (Å²) in [4.78, 5) is 28.9. The second-order valence-electron chi connectivity index (χ2n) is 9.62. The summed E-state index contributed by atoms with van der Waals surface area (Å²) in [5, 5.41) is 11.1. The average Bonchev–Trinajstić information content (AvgIpc) is 3.42. The number of benzene rings is 1. The average molecular weight is 603 g/mol. The van der Waals surface area contributed by atoms with Crippen molar-refractivity contribution in [3.8, 4) is 5.75 Å². The number of aromatic nitrogens is 3. The molecular formula is C25H31ClFN4O8P. The molecule has 1 aliphatic rings. The van der Waals surface area contributed by atoms with E-state index in [1.54, 1.807) is 32.0 Å². The van der Waals surface area contributed by atoms with Crippen molar-refractivity contribution in [2.75, 3.05) is 25.1 Å². The molecule has 12 nitrogen and oxygen atoms in total. The molecule has 0 bridgehead atoms. The van der Waals surface area contributed by atoms with E-state index in [4.69, 9.17) is 38.6 Å². The molecule has 1 aliphatic heterocycles. The minimum Gasteiger partial charge on any atom is -0.463 e. The fourth-order valence-corrected chi connectivity index (χ4v) is 6.12. The van der Waals surface area contributed by atoms with Gasteiger partial charge in [-0.3, -0.25) is 19.1 Å². The largest absolute Gasteiger partial charge is 0.463 e. The third-order valence-corrected chi connectivity index (χ3v) is 8.45. The van der Waals surface area contributed by atoms with Crippen molar-refractivity contribution in [1.29, 1.82) is 0 Å². The highest BCUT2D eigenvalue weighted by Crippen LogP contribution is 2.52. The quantitative estimate of drug-likeness (QED) is 0.168. The van der Waals surface area contributed by atoms with Crippen LogP contribution in [0, 0.1) is 5.92 Å². The third-order valence-electron chi connectivity index (χ3n) is 6.07. The zero-order valence-corrected chi connectivity index (χ0v) is 23.5. The molecule has 1 fully saturated rings. The second-order valence-corrected chi connectivity index (χ2v) is 12.3. The van der Waals surface area contributed by atoms with Crippen molar-refractivity contribution in [2.45, 2.75) is 50.2 Å². The van der Waals surface area contributed by atoms with Gasteiger partial charge in [0, 0.05) is 6.20 Å². The molecular weight excluding hydrogens is 570 g/mol. The monoisotopic (exact) mass is 602 g/mol. The molecule has 6 atom stereocenters. The number of anilines is 1. The normalized spacial score (nSPS) is 26.2. The second kappa shape index (κ2) is 11.9. The van der Waals surface area contributed by atoms with Gasteiger partial charge in [0.05, 0.1) is 32.9 Å². The number of hydrogen-bond donors (Lipinski definition) is 3. The number of nitrogens with one attached hydrogen (secondary N) is 1. The predicted molar refractivity (Wildman–Crippen MR) is 145 cm³/mol. The van der Waals surface area contributed by atoms with Gasteiger partial charge in [-0.1, -0.05) is 25.1 Å². The van der Waals surface area contributed by atoms with E-state index in [1.165, 1.54) is 31.3 Å². The maximum absolute atomic E-state index is 14.5. The highest BCUT2D eigenvalue weighted by atomic mass is 35.5. The molecule has 4 rings (SSSR count). The van der Waals surface area contributed by atoms with E-state index in [9.17, 15) is 23.7 Å². The Balaban J connectivity index is 1.68. The number of H-pyrrole nitrogens is 1. The minimum absolute atomic E-state index is 0.0471. The van der Waals surface area contributed by atoms with Crippen LogP contribution in [0.25, 0.3) is 11.0 Å². The first-order valence-electron chi connectivity index (χ1n) is 13.3. The van der Waals surface area contributed by atoms with Crippen LogP contribution in [0.4, 0.5) is 10.3 Å². The number of halogens is 2. The number of rotatable bonds is 11. The summed E-state index contributed by atoms with van der Waals surface area (Å²) in [6, 6.07) is 9.06. The van der Waals surface area contributed by atoms with Gasteiger partial charge in [-0.15, -0.1) is 11.6 Å². The molecule has 0 radical (unpaired) electrons. The summed E-state index contributed by atoms with van der Waals surface area (Å²) < 4.78 is 68.9. The van der Waals surface area contributed by atoms with Gasteiger partial charge in [-0.05, 0) is 32.0 Å². The Kier molecular flexibility index (Phi) is 8.08. The summed E-state index contributed by atoms with van der Waals surface area (Å²) in [6.45, 7) is 0.133. The fourth-order valence-electron chi connectivity index (χ4n) is 4.13. The van der Waals surface area contributed by atoms with Crippen LogP contribution in [0.5, 0.6) is 5.75 Å². The van der Waals surface area contributed by atoms with Crippen LogP contribution in [0.2, 0.25) is 0 Å². The molecule has 0 spiro atoms. The number of nitrogens with zero attached hydrogens (tertiary/aromatic N) is 2. The van der Waals surface area contributed by atoms with E-state index in [2.05, 4.69) is 9.97 Å². The van der Waals surface area contributed by atoms with Crippen molar-refractivity contribution < 1.29 is 40.1 Å². The molecule has 3 heterocycles. The molecule has 218 valence electrons. The lowest BCUT2D eigenvalue weighted by atomic mass is 10.0. The number of carbonyl (C=O) groups excluding carboxylic acids is 1. The molecule has 0 saturated carbocycles. The first-order valence-corrected chi connectivity index (χ1v) is 14.4. The smallest absolute Gasteiger partial charge is 0.380 e. The zero-order chi connectivity index (χ0) is 31.0. The van der Waals surface area contributed by atoms with Crippen LogP contribution in [-0.4, -0.2) is 68.2 Å². The topological polar surface area (TPSA) is 168 Å². The number of nitrogens with two attached hydrogens (primary N) is 1. The van der Waals surface area contributed by atoms with Gasteiger partial charge in [0.25, 0.3) is 5.56 Å². The number of hydrogen-bond acceptors (Lipinski definition) is 10. The van der Waals surface area contributed by atoms with Crippen LogP contribution >= 0.6 is 19.2 Å². The Morgan fingerprint density at radius 3 is 2.73 bits per heavy atom. The van der Waals surface area contributed by atoms with E-state index in [0.29, 0.717) is 0 Å². The van der Waals surface area contributed by atoms with Crippen molar-refractivity contribution >= 4 is 42.1 Å². The molecule has 0 aliphatic carbocycles. The number of para-hydroxylation sites is 1. The Morgan fingerprint density at radius 2 is 2.08 bits per heavy atom. The van der Waals surface area contributed by atoms with Gasteiger partial charge >= 0.3 is 13.6 Å². The minimum atomic E-state index is -4.56. The SMILES string of the molecule is [2H]C([2H])(OP(=O)(C[C@@H](C)C(=O)OC(C)C)Oc1ccccc1)[C@H]1O[C@@H](n2ccc3c(=O)[nH]c(N)nc32)C(Cl)(CF)[C@H]1O. The molecule has 40 heavy (non-hydrogen) atoms. The van der Waals surface area contributed by atoms with E-state index >= 15 is 0 Å². The Hall–Kier alpha value is -2.96. The summed E-state index contributed by atoms with van der Waals surface area (Å²) in [5.41, 5.74) is 4.99. The summed E-state index contributed by atoms with van der Waals surface area (Å²) in [5.74, 6) is -1.99. The molecule has 15 heteroatoms. The number of nitrogen functional groups attached to an aromatic ring is 1. The van der Waals surface area contributed by atoms with Crippen molar-refractivity contribution in [3.05, 3.63) is 52.9 Å². The molecule has 1 saturated heterocycles. The number of carbonyl (C=O) groups is 1. The van der Waals surface area contributed by atoms with Crippen LogP contribution < -0.4 is 15.8 Å². The lowest BCUT2D eigenvalue weighted by Crippen LogP contribution is -2.44. The zero-order valence-electron chi connectivity index (χ0n) is 23.8. The number of aliphatic hydroxyl groups excluding tert-OH is 1. The molecule has 0 amide bonds. The van der Waals surface area contributed by atoms with Gasteiger partial charge in [0.2, 0.25) is 5.95 Å². The number of ether oxygens (including phenoxy) is 2. The van der Waals surface area contributed by atoms with Crippen LogP contribution in [0.1, 0.15) is 29.7 Å². The number of aromatic amines is 1. The van der Waals surface area contributed by atoms with E-state index in [0.717, 1.165) is 4.57 Å². The Bertz CT molecular complexity index is 1540. The Morgan fingerprint density at radius 1 is 1.38 bits per heavy atom. The first kappa shape index (κ1) is 27.2. The number of esters is 1. The van der Waals surface area contributed by atoms with E-state index in [1.807, 2.05) is 0 Å². The highest BCUT2D eigenvalue weighted by molar-refractivity contribution is 7.54. The summed E-state index contributed by atoms with van der Waals surface area (Å²) in [7, 11) is -4.56. The fraction of sp³-hybridized carbons (Fsp3) is 0.480. The number of alkyl halides is 2. The van der Waals surface area contributed by atoms with E-state index < -0.39 is 73.9 Å². The summed E-state index contributed by atoms with van der Waals surface area (Å²) >= 11 is 6.52. The lowest BCUT2D eigenvalue weighted by Gasteiger charge is -2.28. The third kappa shape index (κ3) is 6.18. The van der Waals surface area contributed by atoms with Crippen molar-refractivity contribution in [3.63, 3.8) is 0 Å². The molecule has 4 N–H and O–H groups in total. The predicted octanol–water partition coefficient (Wildman–Crippen LogP) is 3.39. The Labute approximate surface area is 236 Å². The molecule has 1 aromatic carbocycles. The first-order chi connectivity index (χ1) is 19.6. The van der Waals surface area contributed by atoms with Gasteiger partial charge in [-0.2, -0.15) is 4.98 Å². The molecule has 2 unspecified atom stereocenters. The van der Waals surface area contributed by atoms with Crippen molar-refractivity contribution in [1.82, 2.24) is 14.5 Å². The molecule has 2 aromatic heterocycles. The van der Waals surface area contributed by atoms with Crippen LogP contribution in [0.3, 0.4) is 0 Å². The number of fused-ring (bicyclic) bond motifs is 1. The molecule has 3 aromatic rings. The van der Waals surface area contributed by atoms with Crippen LogP contribution in [-0.2, 0) is 23.4 Å². The van der Waals surface area contributed by atoms with Gasteiger partial charge in [-0.25, -0.2) is 8.96 Å². The maximum atomic E-state index is 14.5. The van der Waals surface area contributed by atoms with Crippen LogP contribution in [0.15, 0.2) is 47.4 Å². The van der Waals surface area contributed by atoms with Crippen molar-refractivity contribution in [2.24, 2.45) is 5.92 Å². The lowest BCUT2D eigenvalue weighted by molar-refractivity contribution is -0.151. The number of aliphatic hydroxyl groups is 1. The highest BCUT2D eigenvalue weighted by Gasteiger charge is 2.57. The van der Waals surface area contributed by atoms with E-state index in [-0.39, 0.29) is 22.7 Å². The van der Waals surface area contributed by atoms with Gasteiger partial charge in [0.1, 0.15) is 29.5 Å².